The third-order valence-electron chi connectivity index (χ3n) is 6.08. The summed E-state index contributed by atoms with van der Waals surface area (Å²) < 4.78 is 16.7. The van der Waals surface area contributed by atoms with Crippen LogP contribution in [0, 0.1) is 0 Å². The first kappa shape index (κ1) is 27.3. The van der Waals surface area contributed by atoms with E-state index in [1.54, 1.807) is 31.4 Å². The molecule has 0 bridgehead atoms. The quantitative estimate of drug-likeness (QED) is 0.161. The molecule has 1 N–H and O–H groups in total. The Balaban J connectivity index is 1.97. The SMILES string of the molecule is CCCCCOc1ccc(C2C(=C(O)c3cccc(OCCC)c3)C(=O)C(=O)N2CCCOC)cc1. The largest absolute Gasteiger partial charge is 0.507 e. The Hall–Kier alpha value is -3.32. The minimum Gasteiger partial charge on any atom is -0.507 e. The summed E-state index contributed by atoms with van der Waals surface area (Å²) in [6, 6.07) is 13.6. The molecule has 2 aromatic carbocycles. The van der Waals surface area contributed by atoms with Crippen molar-refractivity contribution in [3.63, 3.8) is 0 Å². The summed E-state index contributed by atoms with van der Waals surface area (Å²) in [7, 11) is 1.60. The van der Waals surface area contributed by atoms with Gasteiger partial charge >= 0.3 is 0 Å². The van der Waals surface area contributed by atoms with Crippen LogP contribution in [0.5, 0.6) is 11.5 Å². The van der Waals surface area contributed by atoms with E-state index in [9.17, 15) is 14.7 Å². The maximum atomic E-state index is 13.2. The molecule has 1 unspecified atom stereocenters. The van der Waals surface area contributed by atoms with Gasteiger partial charge in [-0.1, -0.05) is 51.0 Å². The fourth-order valence-corrected chi connectivity index (χ4v) is 4.23. The number of rotatable bonds is 14. The lowest BCUT2D eigenvalue weighted by atomic mass is 9.95. The summed E-state index contributed by atoms with van der Waals surface area (Å²) in [6.07, 6.45) is 4.63. The molecule has 1 aliphatic heterocycles. The number of amides is 1. The molecule has 7 nitrogen and oxygen atoms in total. The highest BCUT2D eigenvalue weighted by molar-refractivity contribution is 6.46. The van der Waals surface area contributed by atoms with Gasteiger partial charge in [-0.05, 0) is 49.1 Å². The number of aliphatic hydroxyl groups excluding tert-OH is 1. The molecule has 3 rings (SSSR count). The minimum atomic E-state index is -0.712. The zero-order valence-electron chi connectivity index (χ0n) is 21.5. The number of ketones is 1. The lowest BCUT2D eigenvalue weighted by Crippen LogP contribution is -2.31. The Labute approximate surface area is 213 Å². The number of Topliss-reactive ketones (excluding diaryl/α,β-unsaturated/α-hetero) is 1. The summed E-state index contributed by atoms with van der Waals surface area (Å²) in [6.45, 7) is 6.12. The standard InChI is InChI=1S/C29H37NO6/c1-4-6-7-19-36-23-14-12-21(13-15-23)26-25(28(32)29(33)30(26)16-9-18-34-3)27(31)22-10-8-11-24(20-22)35-17-5-2/h8,10-15,20,26,31H,4-7,9,16-19H2,1-3H3. The first-order valence-electron chi connectivity index (χ1n) is 12.7. The molecule has 194 valence electrons. The Morgan fingerprint density at radius 3 is 2.33 bits per heavy atom. The molecule has 0 aromatic heterocycles. The number of unbranched alkanes of at least 4 members (excludes halogenated alkanes) is 2. The molecule has 1 aliphatic rings. The first-order chi connectivity index (χ1) is 17.5. The number of hydrogen-bond acceptors (Lipinski definition) is 6. The lowest BCUT2D eigenvalue weighted by molar-refractivity contribution is -0.140. The van der Waals surface area contributed by atoms with E-state index in [-0.39, 0.29) is 11.3 Å². The summed E-state index contributed by atoms with van der Waals surface area (Å²) >= 11 is 0. The Morgan fingerprint density at radius 2 is 1.64 bits per heavy atom. The van der Waals surface area contributed by atoms with Gasteiger partial charge in [0, 0.05) is 25.8 Å². The number of hydrogen-bond donors (Lipinski definition) is 1. The van der Waals surface area contributed by atoms with Crippen LogP contribution in [0.4, 0.5) is 0 Å². The summed E-state index contributed by atoms with van der Waals surface area (Å²) in [5.41, 5.74) is 1.23. The van der Waals surface area contributed by atoms with E-state index >= 15 is 0 Å². The van der Waals surface area contributed by atoms with Crippen LogP contribution in [-0.4, -0.2) is 55.2 Å². The lowest BCUT2D eigenvalue weighted by Gasteiger charge is -2.25. The maximum absolute atomic E-state index is 13.2. The number of benzene rings is 2. The average Bonchev–Trinajstić information content (AvgIpc) is 3.15. The third kappa shape index (κ3) is 6.66. The summed E-state index contributed by atoms with van der Waals surface area (Å²) in [4.78, 5) is 27.7. The van der Waals surface area contributed by atoms with Crippen LogP contribution in [0.25, 0.3) is 5.76 Å². The predicted octanol–water partition coefficient (Wildman–Crippen LogP) is 5.50. The second kappa shape index (κ2) is 13.7. The zero-order valence-corrected chi connectivity index (χ0v) is 21.5. The van der Waals surface area contributed by atoms with Gasteiger partial charge < -0.3 is 24.2 Å². The number of nitrogens with zero attached hydrogens (tertiary/aromatic N) is 1. The van der Waals surface area contributed by atoms with Crippen molar-refractivity contribution >= 4 is 17.4 Å². The van der Waals surface area contributed by atoms with Gasteiger partial charge in [0.15, 0.2) is 0 Å². The number of carbonyl (C=O) groups excluding carboxylic acids is 2. The van der Waals surface area contributed by atoms with Crippen LogP contribution in [0.15, 0.2) is 54.1 Å². The van der Waals surface area contributed by atoms with Crippen LogP contribution >= 0.6 is 0 Å². The Bertz CT molecular complexity index is 1050. The molecular formula is C29H37NO6. The van der Waals surface area contributed by atoms with Gasteiger partial charge in [-0.15, -0.1) is 0 Å². The molecule has 7 heteroatoms. The number of aliphatic hydroxyl groups is 1. The third-order valence-corrected chi connectivity index (χ3v) is 6.08. The van der Waals surface area contributed by atoms with Gasteiger partial charge in [0.05, 0.1) is 24.8 Å². The van der Waals surface area contributed by atoms with Crippen molar-refractivity contribution < 1.29 is 28.9 Å². The van der Waals surface area contributed by atoms with E-state index in [0.29, 0.717) is 44.1 Å². The Morgan fingerprint density at radius 1 is 0.889 bits per heavy atom. The minimum absolute atomic E-state index is 0.0710. The number of ether oxygens (including phenoxy) is 3. The molecule has 36 heavy (non-hydrogen) atoms. The van der Waals surface area contributed by atoms with Gasteiger partial charge in [0.1, 0.15) is 17.3 Å². The van der Waals surface area contributed by atoms with Crippen molar-refractivity contribution in [2.45, 2.75) is 52.0 Å². The van der Waals surface area contributed by atoms with Gasteiger partial charge in [-0.2, -0.15) is 0 Å². The van der Waals surface area contributed by atoms with Gasteiger partial charge in [-0.25, -0.2) is 0 Å². The highest BCUT2D eigenvalue weighted by atomic mass is 16.5. The van der Waals surface area contributed by atoms with E-state index in [0.717, 1.165) is 37.0 Å². The topological polar surface area (TPSA) is 85.3 Å². The molecule has 2 aromatic rings. The highest BCUT2D eigenvalue weighted by Gasteiger charge is 2.45. The molecule has 0 spiro atoms. The van der Waals surface area contributed by atoms with Crippen LogP contribution in [-0.2, 0) is 14.3 Å². The van der Waals surface area contributed by atoms with Crippen molar-refractivity contribution in [2.24, 2.45) is 0 Å². The van der Waals surface area contributed by atoms with Crippen molar-refractivity contribution in [1.29, 1.82) is 0 Å². The normalized spacial score (nSPS) is 17.0. The number of methoxy groups -OCH3 is 1. The first-order valence-corrected chi connectivity index (χ1v) is 12.7. The summed E-state index contributed by atoms with van der Waals surface area (Å²) in [5, 5.41) is 11.3. The van der Waals surface area contributed by atoms with Crippen molar-refractivity contribution in [3.05, 3.63) is 65.2 Å². The molecule has 0 radical (unpaired) electrons. The van der Waals surface area contributed by atoms with E-state index in [1.165, 1.54) is 4.90 Å². The second-order valence-corrected chi connectivity index (χ2v) is 8.84. The monoisotopic (exact) mass is 495 g/mol. The molecule has 1 fully saturated rings. The summed E-state index contributed by atoms with van der Waals surface area (Å²) in [5.74, 6) is -0.219. The highest BCUT2D eigenvalue weighted by Crippen LogP contribution is 2.40. The van der Waals surface area contributed by atoms with Crippen molar-refractivity contribution in [3.8, 4) is 11.5 Å². The van der Waals surface area contributed by atoms with E-state index < -0.39 is 17.7 Å². The molecule has 1 saturated heterocycles. The zero-order chi connectivity index (χ0) is 25.9. The van der Waals surface area contributed by atoms with Gasteiger partial charge in [-0.3, -0.25) is 9.59 Å². The number of carbonyl (C=O) groups is 2. The molecule has 1 atom stereocenters. The van der Waals surface area contributed by atoms with Crippen molar-refractivity contribution in [1.82, 2.24) is 4.90 Å². The smallest absolute Gasteiger partial charge is 0.295 e. The van der Waals surface area contributed by atoms with Crippen molar-refractivity contribution in [2.75, 3.05) is 33.5 Å². The van der Waals surface area contributed by atoms with Crippen LogP contribution in [0.3, 0.4) is 0 Å². The average molecular weight is 496 g/mol. The molecule has 0 saturated carbocycles. The van der Waals surface area contributed by atoms with E-state index in [2.05, 4.69) is 6.92 Å². The van der Waals surface area contributed by atoms with E-state index in [4.69, 9.17) is 14.2 Å². The van der Waals surface area contributed by atoms with Gasteiger partial charge in [0.25, 0.3) is 11.7 Å². The fourth-order valence-electron chi connectivity index (χ4n) is 4.23. The molecule has 1 heterocycles. The van der Waals surface area contributed by atoms with E-state index in [1.807, 2.05) is 31.2 Å². The Kier molecular flexibility index (Phi) is 10.4. The van der Waals surface area contributed by atoms with Crippen LogP contribution in [0.1, 0.15) is 63.1 Å². The van der Waals surface area contributed by atoms with Crippen LogP contribution < -0.4 is 9.47 Å². The maximum Gasteiger partial charge on any atom is 0.295 e. The second-order valence-electron chi connectivity index (χ2n) is 8.84. The molecule has 0 aliphatic carbocycles. The molecule has 1 amide bonds. The predicted molar refractivity (Wildman–Crippen MR) is 139 cm³/mol. The van der Waals surface area contributed by atoms with Crippen LogP contribution in [0.2, 0.25) is 0 Å². The number of likely N-dealkylation sites (tertiary alicyclic amines) is 1. The fraction of sp³-hybridized carbons (Fsp3) is 0.448. The molecular weight excluding hydrogens is 458 g/mol. The van der Waals surface area contributed by atoms with Gasteiger partial charge in [0.2, 0.25) is 0 Å².